The second kappa shape index (κ2) is 8.60. The molecule has 5 heteroatoms. The van der Waals surface area contributed by atoms with Crippen molar-refractivity contribution in [3.05, 3.63) is 45.9 Å². The lowest BCUT2D eigenvalue weighted by molar-refractivity contribution is 0.118. The maximum Gasteiger partial charge on any atom is 0.122 e. The van der Waals surface area contributed by atoms with Gasteiger partial charge in [0.2, 0.25) is 0 Å². The van der Waals surface area contributed by atoms with Gasteiger partial charge in [0.05, 0.1) is 11.2 Å². The van der Waals surface area contributed by atoms with E-state index in [1.807, 2.05) is 11.6 Å². The predicted octanol–water partition coefficient (Wildman–Crippen LogP) is 3.00. The molecule has 2 heterocycles. The number of thiazole rings is 1. The number of benzene rings is 1. The molecular formula is C19H27N3OS. The number of aryl methyl sites for hydroxylation is 2. The van der Waals surface area contributed by atoms with Crippen LogP contribution in [0.4, 0.5) is 0 Å². The maximum atomic E-state index is 5.92. The average molecular weight is 346 g/mol. The highest BCUT2D eigenvalue weighted by molar-refractivity contribution is 7.09. The first kappa shape index (κ1) is 17.4. The molecule has 24 heavy (non-hydrogen) atoms. The van der Waals surface area contributed by atoms with Crippen molar-refractivity contribution in [3.8, 4) is 5.75 Å². The van der Waals surface area contributed by atoms with E-state index in [1.54, 1.807) is 11.3 Å². The average Bonchev–Trinajstić information content (AvgIpc) is 3.01. The fourth-order valence-electron chi connectivity index (χ4n) is 3.07. The minimum atomic E-state index is 0.769. The van der Waals surface area contributed by atoms with E-state index >= 15 is 0 Å². The van der Waals surface area contributed by atoms with Crippen LogP contribution in [0.3, 0.4) is 0 Å². The Bertz CT molecular complexity index is 635. The molecule has 3 rings (SSSR count). The summed E-state index contributed by atoms with van der Waals surface area (Å²) in [5.41, 5.74) is 4.37. The van der Waals surface area contributed by atoms with Crippen LogP contribution in [0.1, 0.15) is 16.1 Å². The molecule has 1 saturated heterocycles. The summed E-state index contributed by atoms with van der Waals surface area (Å²) in [5.74, 6) is 1.01. The Morgan fingerprint density at radius 3 is 2.42 bits per heavy atom. The molecule has 0 saturated carbocycles. The Hall–Kier alpha value is -1.43. The standard InChI is InChI=1S/C19H27N3OS/c1-16-5-3-4-6-18(16)23-14-13-22-11-9-21(10-12-22)8-7-19-17(2)20-15-24-19/h3-6,15H,7-14H2,1-2H3. The van der Waals surface area contributed by atoms with Gasteiger partial charge in [-0.1, -0.05) is 18.2 Å². The SMILES string of the molecule is Cc1ccccc1OCCN1CCN(CCc2scnc2C)CC1. The highest BCUT2D eigenvalue weighted by Gasteiger charge is 2.17. The normalized spacial score (nSPS) is 16.4. The third kappa shape index (κ3) is 4.79. The summed E-state index contributed by atoms with van der Waals surface area (Å²) in [6.07, 6.45) is 1.13. The van der Waals surface area contributed by atoms with Crippen LogP contribution in [-0.2, 0) is 6.42 Å². The van der Waals surface area contributed by atoms with Gasteiger partial charge in [-0.2, -0.15) is 0 Å². The van der Waals surface area contributed by atoms with Crippen molar-refractivity contribution in [1.82, 2.24) is 14.8 Å². The monoisotopic (exact) mass is 345 g/mol. The zero-order valence-corrected chi connectivity index (χ0v) is 15.5. The van der Waals surface area contributed by atoms with Crippen LogP contribution in [0.5, 0.6) is 5.75 Å². The van der Waals surface area contributed by atoms with Crippen LogP contribution in [0.2, 0.25) is 0 Å². The Balaban J connectivity index is 1.33. The van der Waals surface area contributed by atoms with E-state index in [1.165, 1.54) is 16.1 Å². The molecule has 0 amide bonds. The number of aromatic nitrogens is 1. The predicted molar refractivity (Wildman–Crippen MR) is 100 cm³/mol. The lowest BCUT2D eigenvalue weighted by Gasteiger charge is -2.34. The molecule has 0 unspecified atom stereocenters. The molecule has 1 aliphatic heterocycles. The first-order valence-corrected chi connectivity index (χ1v) is 9.62. The highest BCUT2D eigenvalue weighted by Crippen LogP contribution is 2.16. The largest absolute Gasteiger partial charge is 0.492 e. The quantitative estimate of drug-likeness (QED) is 0.771. The Kier molecular flexibility index (Phi) is 6.24. The fraction of sp³-hybridized carbons (Fsp3) is 0.526. The fourth-order valence-corrected chi connectivity index (χ4v) is 3.84. The summed E-state index contributed by atoms with van der Waals surface area (Å²) < 4.78 is 5.92. The number of rotatable bonds is 7. The summed E-state index contributed by atoms with van der Waals surface area (Å²) in [5, 5.41) is 0. The Morgan fingerprint density at radius 2 is 1.75 bits per heavy atom. The maximum absolute atomic E-state index is 5.92. The van der Waals surface area contributed by atoms with Gasteiger partial charge < -0.3 is 9.64 Å². The van der Waals surface area contributed by atoms with Crippen LogP contribution in [0, 0.1) is 13.8 Å². The molecule has 130 valence electrons. The zero-order valence-electron chi connectivity index (χ0n) is 14.7. The third-order valence-electron chi connectivity index (χ3n) is 4.72. The molecule has 1 fully saturated rings. The number of hydrogen-bond acceptors (Lipinski definition) is 5. The summed E-state index contributed by atoms with van der Waals surface area (Å²) in [7, 11) is 0. The summed E-state index contributed by atoms with van der Waals surface area (Å²) in [6.45, 7) is 11.7. The van der Waals surface area contributed by atoms with Crippen molar-refractivity contribution in [2.24, 2.45) is 0 Å². The molecule has 0 radical (unpaired) electrons. The van der Waals surface area contributed by atoms with Gasteiger partial charge in [0, 0.05) is 44.1 Å². The lowest BCUT2D eigenvalue weighted by Crippen LogP contribution is -2.47. The van der Waals surface area contributed by atoms with Gasteiger partial charge in [-0.3, -0.25) is 4.90 Å². The molecule has 0 bridgehead atoms. The molecule has 2 aromatic rings. The number of nitrogens with zero attached hydrogens (tertiary/aromatic N) is 3. The van der Waals surface area contributed by atoms with Crippen molar-refractivity contribution >= 4 is 11.3 Å². The van der Waals surface area contributed by atoms with Gasteiger partial charge in [0.1, 0.15) is 12.4 Å². The Labute approximate surface area is 149 Å². The van der Waals surface area contributed by atoms with Gasteiger partial charge in [-0.05, 0) is 31.9 Å². The summed E-state index contributed by atoms with van der Waals surface area (Å²) in [6, 6.07) is 8.23. The van der Waals surface area contributed by atoms with Crippen LogP contribution < -0.4 is 4.74 Å². The summed E-state index contributed by atoms with van der Waals surface area (Å²) in [4.78, 5) is 10.8. The highest BCUT2D eigenvalue weighted by atomic mass is 32.1. The molecular weight excluding hydrogens is 318 g/mol. The van der Waals surface area contributed by atoms with Crippen LogP contribution >= 0.6 is 11.3 Å². The van der Waals surface area contributed by atoms with Gasteiger partial charge >= 0.3 is 0 Å². The molecule has 4 nitrogen and oxygen atoms in total. The third-order valence-corrected chi connectivity index (χ3v) is 5.72. The molecule has 0 aliphatic carbocycles. The first-order valence-electron chi connectivity index (χ1n) is 8.74. The second-order valence-corrected chi connectivity index (χ2v) is 7.35. The Morgan fingerprint density at radius 1 is 1.04 bits per heavy atom. The topological polar surface area (TPSA) is 28.6 Å². The van der Waals surface area contributed by atoms with Gasteiger partial charge in [-0.15, -0.1) is 11.3 Å². The van der Waals surface area contributed by atoms with E-state index in [-0.39, 0.29) is 0 Å². The second-order valence-electron chi connectivity index (χ2n) is 6.41. The van der Waals surface area contributed by atoms with Crippen molar-refractivity contribution in [3.63, 3.8) is 0 Å². The van der Waals surface area contributed by atoms with Crippen molar-refractivity contribution in [2.45, 2.75) is 20.3 Å². The lowest BCUT2D eigenvalue weighted by atomic mass is 10.2. The van der Waals surface area contributed by atoms with E-state index in [2.05, 4.69) is 46.8 Å². The van der Waals surface area contributed by atoms with E-state index in [0.29, 0.717) is 0 Å². The van der Waals surface area contributed by atoms with Crippen molar-refractivity contribution in [1.29, 1.82) is 0 Å². The van der Waals surface area contributed by atoms with E-state index in [4.69, 9.17) is 4.74 Å². The number of ether oxygens (including phenoxy) is 1. The number of piperazine rings is 1. The van der Waals surface area contributed by atoms with Crippen molar-refractivity contribution < 1.29 is 4.74 Å². The number of hydrogen-bond donors (Lipinski definition) is 0. The van der Waals surface area contributed by atoms with Crippen molar-refractivity contribution in [2.75, 3.05) is 45.9 Å². The minimum Gasteiger partial charge on any atom is -0.492 e. The zero-order chi connectivity index (χ0) is 16.8. The molecule has 1 aromatic carbocycles. The van der Waals surface area contributed by atoms with Gasteiger partial charge in [-0.25, -0.2) is 4.98 Å². The summed E-state index contributed by atoms with van der Waals surface area (Å²) >= 11 is 1.78. The minimum absolute atomic E-state index is 0.769. The van der Waals surface area contributed by atoms with Crippen LogP contribution in [0.25, 0.3) is 0 Å². The smallest absolute Gasteiger partial charge is 0.122 e. The molecule has 0 atom stereocenters. The molecule has 1 aromatic heterocycles. The molecule has 1 aliphatic rings. The van der Waals surface area contributed by atoms with Gasteiger partial charge in [0.15, 0.2) is 0 Å². The molecule has 0 N–H and O–H groups in total. The van der Waals surface area contributed by atoms with E-state index in [0.717, 1.165) is 58.0 Å². The van der Waals surface area contributed by atoms with Gasteiger partial charge in [0.25, 0.3) is 0 Å². The van der Waals surface area contributed by atoms with E-state index in [9.17, 15) is 0 Å². The van der Waals surface area contributed by atoms with E-state index < -0.39 is 0 Å². The molecule has 0 spiro atoms. The number of para-hydroxylation sites is 1. The van der Waals surface area contributed by atoms with Crippen LogP contribution in [0.15, 0.2) is 29.8 Å². The van der Waals surface area contributed by atoms with Crippen LogP contribution in [-0.4, -0.2) is 60.7 Å². The first-order chi connectivity index (χ1) is 11.7.